The Morgan fingerprint density at radius 3 is 2.64 bits per heavy atom. The van der Waals surface area contributed by atoms with Gasteiger partial charge in [0.2, 0.25) is 0 Å². The Morgan fingerprint density at radius 2 is 1.88 bits per heavy atom. The molecule has 1 aliphatic carbocycles. The van der Waals surface area contributed by atoms with E-state index in [-0.39, 0.29) is 11.8 Å². The lowest BCUT2D eigenvalue weighted by Crippen LogP contribution is -2.38. The van der Waals surface area contributed by atoms with Crippen LogP contribution in [-0.2, 0) is 11.2 Å². The van der Waals surface area contributed by atoms with E-state index in [1.165, 1.54) is 0 Å². The zero-order valence-electron chi connectivity index (χ0n) is 18.8. The maximum absolute atomic E-state index is 12.8. The molecule has 8 nitrogen and oxygen atoms in total. The number of aryl methyl sites for hydroxylation is 1. The fourth-order valence-corrected chi connectivity index (χ4v) is 4.45. The zero-order chi connectivity index (χ0) is 23.2. The van der Waals surface area contributed by atoms with Crippen LogP contribution in [0.2, 0.25) is 0 Å². The van der Waals surface area contributed by atoms with Crippen molar-refractivity contribution in [3.05, 3.63) is 56.9 Å². The Hall–Kier alpha value is -2.49. The molecule has 2 N–H and O–H groups in total. The van der Waals surface area contributed by atoms with Crippen molar-refractivity contribution in [2.24, 2.45) is 5.10 Å². The molecule has 2 aliphatic rings. The molecule has 2 aromatic rings. The Labute approximate surface area is 201 Å². The van der Waals surface area contributed by atoms with Crippen molar-refractivity contribution in [2.75, 3.05) is 39.4 Å². The van der Waals surface area contributed by atoms with E-state index < -0.39 is 0 Å². The quantitative estimate of drug-likeness (QED) is 0.434. The minimum Gasteiger partial charge on any atom is -0.455 e. The second kappa shape index (κ2) is 11.1. The van der Waals surface area contributed by atoms with E-state index in [1.807, 2.05) is 19.1 Å². The van der Waals surface area contributed by atoms with Crippen LogP contribution in [0.3, 0.4) is 0 Å². The van der Waals surface area contributed by atoms with E-state index in [0.717, 1.165) is 79.2 Å². The Morgan fingerprint density at radius 1 is 1.12 bits per heavy atom. The summed E-state index contributed by atoms with van der Waals surface area (Å²) >= 11 is 3.36. The first kappa shape index (κ1) is 23.7. The number of rotatable bonds is 7. The molecule has 1 aliphatic heterocycles. The highest BCUT2D eigenvalue weighted by Gasteiger charge is 2.28. The van der Waals surface area contributed by atoms with Gasteiger partial charge in [-0.3, -0.25) is 14.5 Å². The normalized spacial score (nSPS) is 17.6. The number of hydrazone groups is 1. The molecule has 1 saturated heterocycles. The van der Waals surface area contributed by atoms with Gasteiger partial charge < -0.3 is 14.5 Å². The summed E-state index contributed by atoms with van der Waals surface area (Å²) in [5, 5.41) is 7.36. The number of nitrogens with zero attached hydrogens (tertiary/aromatic N) is 2. The van der Waals surface area contributed by atoms with Gasteiger partial charge in [0.05, 0.1) is 18.9 Å². The summed E-state index contributed by atoms with van der Waals surface area (Å²) in [6.07, 6.45) is 3.20. The molecular formula is C24H29BrN4O4. The van der Waals surface area contributed by atoms with Crippen LogP contribution < -0.4 is 10.7 Å². The first-order valence-corrected chi connectivity index (χ1v) is 12.2. The summed E-state index contributed by atoms with van der Waals surface area (Å²) in [5.41, 5.74) is 5.53. The minimum absolute atomic E-state index is 0.206. The Bertz CT molecular complexity index is 1030. The number of nitrogens with one attached hydrogen (secondary N) is 2. The van der Waals surface area contributed by atoms with Crippen LogP contribution in [0.4, 0.5) is 0 Å². The number of halogens is 1. The predicted molar refractivity (Wildman–Crippen MR) is 129 cm³/mol. The fraction of sp³-hybridized carbons (Fsp3) is 0.458. The predicted octanol–water partition coefficient (Wildman–Crippen LogP) is 3.27. The van der Waals surface area contributed by atoms with Crippen LogP contribution in [0.15, 0.2) is 38.3 Å². The summed E-state index contributed by atoms with van der Waals surface area (Å²) in [4.78, 5) is 27.6. The van der Waals surface area contributed by atoms with E-state index in [4.69, 9.17) is 9.15 Å². The van der Waals surface area contributed by atoms with Gasteiger partial charge in [0, 0.05) is 47.2 Å². The molecule has 1 aromatic carbocycles. The number of morpholine rings is 1. The molecule has 0 radical (unpaired) electrons. The lowest BCUT2D eigenvalue weighted by molar-refractivity contribution is 0.0374. The maximum Gasteiger partial charge on any atom is 0.287 e. The number of amides is 2. The van der Waals surface area contributed by atoms with Crippen molar-refractivity contribution in [3.8, 4) is 0 Å². The summed E-state index contributed by atoms with van der Waals surface area (Å²) in [7, 11) is 0. The van der Waals surface area contributed by atoms with E-state index >= 15 is 0 Å². The molecule has 33 heavy (non-hydrogen) atoms. The molecule has 0 atom stereocenters. The molecule has 0 unspecified atom stereocenters. The molecule has 0 bridgehead atoms. The van der Waals surface area contributed by atoms with Crippen molar-refractivity contribution >= 4 is 33.5 Å². The smallest absolute Gasteiger partial charge is 0.287 e. The summed E-state index contributed by atoms with van der Waals surface area (Å²) < 4.78 is 12.2. The second-order valence-electron chi connectivity index (χ2n) is 8.28. The van der Waals surface area contributed by atoms with Gasteiger partial charge in [-0.05, 0) is 57.0 Å². The van der Waals surface area contributed by atoms with Gasteiger partial charge in [-0.15, -0.1) is 0 Å². The van der Waals surface area contributed by atoms with Crippen molar-refractivity contribution in [2.45, 2.75) is 32.6 Å². The molecule has 0 spiro atoms. The van der Waals surface area contributed by atoms with Crippen LogP contribution in [0.1, 0.15) is 57.1 Å². The van der Waals surface area contributed by atoms with E-state index in [0.29, 0.717) is 24.3 Å². The molecule has 4 rings (SSSR count). The largest absolute Gasteiger partial charge is 0.455 e. The van der Waals surface area contributed by atoms with E-state index in [9.17, 15) is 9.59 Å². The third-order valence-electron chi connectivity index (χ3n) is 5.97. The van der Waals surface area contributed by atoms with Gasteiger partial charge in [0.15, 0.2) is 5.76 Å². The maximum atomic E-state index is 12.8. The number of carbonyl (C=O) groups excluding carboxylic acids is 2. The third kappa shape index (κ3) is 5.90. The van der Waals surface area contributed by atoms with Gasteiger partial charge in [0.1, 0.15) is 5.76 Å². The molecule has 176 valence electrons. The first-order chi connectivity index (χ1) is 16.0. The topological polar surface area (TPSA) is 96.2 Å². The van der Waals surface area contributed by atoms with Crippen LogP contribution in [-0.4, -0.2) is 61.8 Å². The van der Waals surface area contributed by atoms with Crippen LogP contribution in [0.5, 0.6) is 0 Å². The van der Waals surface area contributed by atoms with Gasteiger partial charge in [-0.2, -0.15) is 5.10 Å². The lowest BCUT2D eigenvalue weighted by atomic mass is 9.93. The summed E-state index contributed by atoms with van der Waals surface area (Å²) in [5.74, 6) is 0.609. The van der Waals surface area contributed by atoms with Crippen LogP contribution in [0, 0.1) is 6.92 Å². The van der Waals surface area contributed by atoms with Crippen LogP contribution >= 0.6 is 15.9 Å². The standard InChI is InChI=1S/C24H29BrN4O4/c1-16-21-19(27-28-23(30)17-6-8-18(25)9-7-17)4-2-5-20(21)33-22(16)24(31)26-10-3-11-29-12-14-32-15-13-29/h6-9H,2-5,10-15H2,1H3,(H,26,31)(H,28,30)/b27-19+. The second-order valence-corrected chi connectivity index (χ2v) is 9.19. The Balaban J connectivity index is 1.38. The number of hydrogen-bond donors (Lipinski definition) is 2. The molecular weight excluding hydrogens is 488 g/mol. The fourth-order valence-electron chi connectivity index (χ4n) is 4.19. The number of furan rings is 1. The van der Waals surface area contributed by atoms with Crippen molar-refractivity contribution < 1.29 is 18.7 Å². The molecule has 1 fully saturated rings. The van der Waals surface area contributed by atoms with Gasteiger partial charge in [0.25, 0.3) is 11.8 Å². The highest BCUT2D eigenvalue weighted by Crippen LogP contribution is 2.29. The monoisotopic (exact) mass is 516 g/mol. The van der Waals surface area contributed by atoms with E-state index in [1.54, 1.807) is 12.1 Å². The van der Waals surface area contributed by atoms with E-state index in [2.05, 4.69) is 36.7 Å². The lowest BCUT2D eigenvalue weighted by Gasteiger charge is -2.26. The average Bonchev–Trinajstić information content (AvgIpc) is 3.18. The SMILES string of the molecule is Cc1c(C(=O)NCCCN2CCOCC2)oc2c1/C(=N/NC(=O)c1ccc(Br)cc1)CCC2. The number of ether oxygens (including phenoxy) is 1. The number of carbonyl (C=O) groups is 2. The van der Waals surface area contributed by atoms with Crippen LogP contribution in [0.25, 0.3) is 0 Å². The van der Waals surface area contributed by atoms with Gasteiger partial charge in [-0.25, -0.2) is 5.43 Å². The molecule has 1 aromatic heterocycles. The molecule has 0 saturated carbocycles. The zero-order valence-corrected chi connectivity index (χ0v) is 20.4. The molecule has 9 heteroatoms. The van der Waals surface area contributed by atoms with Crippen molar-refractivity contribution in [3.63, 3.8) is 0 Å². The number of hydrogen-bond acceptors (Lipinski definition) is 6. The summed E-state index contributed by atoms with van der Waals surface area (Å²) in [6, 6.07) is 7.09. The number of fused-ring (bicyclic) bond motifs is 1. The summed E-state index contributed by atoms with van der Waals surface area (Å²) in [6.45, 7) is 6.84. The number of benzene rings is 1. The van der Waals surface area contributed by atoms with Crippen molar-refractivity contribution in [1.29, 1.82) is 0 Å². The Kier molecular flexibility index (Phi) is 7.95. The van der Waals surface area contributed by atoms with Crippen molar-refractivity contribution in [1.82, 2.24) is 15.6 Å². The molecule has 2 amide bonds. The molecule has 2 heterocycles. The first-order valence-electron chi connectivity index (χ1n) is 11.4. The highest BCUT2D eigenvalue weighted by molar-refractivity contribution is 9.10. The third-order valence-corrected chi connectivity index (χ3v) is 6.50. The average molecular weight is 517 g/mol. The van der Waals surface area contributed by atoms with Gasteiger partial charge >= 0.3 is 0 Å². The van der Waals surface area contributed by atoms with Gasteiger partial charge in [-0.1, -0.05) is 15.9 Å². The minimum atomic E-state index is -0.276. The highest BCUT2D eigenvalue weighted by atomic mass is 79.9.